The molecule has 3 aromatic rings. The van der Waals surface area contributed by atoms with Gasteiger partial charge in [-0.05, 0) is 37.1 Å². The fraction of sp³-hybridized carbons (Fsp3) is 0.263. The highest BCUT2D eigenvalue weighted by molar-refractivity contribution is 6.40. The molecule has 0 aliphatic heterocycles. The van der Waals surface area contributed by atoms with Gasteiger partial charge in [-0.3, -0.25) is 14.7 Å². The largest absolute Gasteiger partial charge is 0.416 e. The number of likely N-dealkylation sites (N-methyl/N-ethyl adjacent to an activating group) is 1. The summed E-state index contributed by atoms with van der Waals surface area (Å²) in [5, 5.41) is 9.46. The number of hydrogen-bond donors (Lipinski definition) is 3. The predicted octanol–water partition coefficient (Wildman–Crippen LogP) is 3.03. The summed E-state index contributed by atoms with van der Waals surface area (Å²) in [6.45, 7) is 3.15. The van der Waals surface area contributed by atoms with Gasteiger partial charge in [0.05, 0.1) is 40.6 Å². The molecule has 0 fully saturated rings. The van der Waals surface area contributed by atoms with Crippen molar-refractivity contribution in [3.8, 4) is 0 Å². The number of hydrogen-bond acceptors (Lipinski definition) is 5. The number of alkyl halides is 3. The van der Waals surface area contributed by atoms with E-state index in [4.69, 9.17) is 5.73 Å². The topological polar surface area (TPSA) is 117 Å². The van der Waals surface area contributed by atoms with Crippen LogP contribution < -0.4 is 11.1 Å². The number of H-pyrrole nitrogens is 1. The molecule has 1 aromatic carbocycles. The average molecular weight is 420 g/mol. The number of carbonyl (C=O) groups is 2. The van der Waals surface area contributed by atoms with Crippen LogP contribution in [0.5, 0.6) is 0 Å². The van der Waals surface area contributed by atoms with Gasteiger partial charge in [-0.2, -0.15) is 18.3 Å². The Morgan fingerprint density at radius 2 is 1.97 bits per heavy atom. The number of nitrogens with two attached hydrogens (primary N) is 1. The van der Waals surface area contributed by atoms with Gasteiger partial charge in [0.1, 0.15) is 5.82 Å². The van der Waals surface area contributed by atoms with E-state index < -0.39 is 29.6 Å². The molecule has 8 nitrogen and oxygen atoms in total. The number of pyridine rings is 1. The number of aromatic amines is 1. The van der Waals surface area contributed by atoms with Crippen LogP contribution in [-0.4, -0.2) is 38.9 Å². The number of carbonyl (C=O) groups excluding carboxylic acids is 2. The van der Waals surface area contributed by atoms with Gasteiger partial charge < -0.3 is 16.0 Å². The van der Waals surface area contributed by atoms with E-state index in [0.29, 0.717) is 22.0 Å². The van der Waals surface area contributed by atoms with Crippen molar-refractivity contribution in [3.63, 3.8) is 0 Å². The Morgan fingerprint density at radius 1 is 1.27 bits per heavy atom. The van der Waals surface area contributed by atoms with Gasteiger partial charge >= 0.3 is 18.0 Å². The standard InChI is InChI=1S/C19H19F3N6O2/c1-9-6-11(19(20,21)22)4-5-12(9)10(2)28(3)18(30)17(29)26-14-8-24-16(23)13-7-25-27-15(13)14/h4-8,10H,1-3H3,(H2,23,24)(H,25,27)(H,26,29)/t10-/m0/s1. The normalized spacial score (nSPS) is 12.6. The quantitative estimate of drug-likeness (QED) is 0.563. The van der Waals surface area contributed by atoms with Crippen LogP contribution in [0.2, 0.25) is 0 Å². The van der Waals surface area contributed by atoms with E-state index in [9.17, 15) is 22.8 Å². The van der Waals surface area contributed by atoms with Gasteiger partial charge in [-0.15, -0.1) is 0 Å². The first-order valence-corrected chi connectivity index (χ1v) is 8.84. The van der Waals surface area contributed by atoms with Crippen molar-refractivity contribution in [1.82, 2.24) is 20.1 Å². The molecule has 3 rings (SSSR count). The minimum atomic E-state index is -4.46. The van der Waals surface area contributed by atoms with E-state index in [2.05, 4.69) is 20.5 Å². The first-order chi connectivity index (χ1) is 14.0. The summed E-state index contributed by atoms with van der Waals surface area (Å²) in [4.78, 5) is 30.2. The third-order valence-electron chi connectivity index (χ3n) is 4.91. The summed E-state index contributed by atoms with van der Waals surface area (Å²) < 4.78 is 38.6. The lowest BCUT2D eigenvalue weighted by Gasteiger charge is -2.26. The van der Waals surface area contributed by atoms with E-state index in [-0.39, 0.29) is 11.5 Å². The van der Waals surface area contributed by atoms with E-state index >= 15 is 0 Å². The number of nitrogen functional groups attached to an aromatic ring is 1. The van der Waals surface area contributed by atoms with Crippen LogP contribution in [0, 0.1) is 6.92 Å². The minimum Gasteiger partial charge on any atom is -0.383 e. The number of halogens is 3. The zero-order valence-electron chi connectivity index (χ0n) is 16.3. The van der Waals surface area contributed by atoms with Crippen molar-refractivity contribution < 1.29 is 22.8 Å². The lowest BCUT2D eigenvalue weighted by atomic mass is 9.98. The molecule has 0 spiro atoms. The van der Waals surface area contributed by atoms with Crippen molar-refractivity contribution in [2.75, 3.05) is 18.1 Å². The Kier molecular flexibility index (Phi) is 5.38. The SMILES string of the molecule is Cc1cc(C(F)(F)F)ccc1[C@H](C)N(C)C(=O)C(=O)Nc1cnc(N)c2cn[nH]c12. The lowest BCUT2D eigenvalue weighted by Crippen LogP contribution is -2.38. The number of benzene rings is 1. The van der Waals surface area contributed by atoms with Crippen LogP contribution in [0.15, 0.2) is 30.6 Å². The Labute approximate surface area is 169 Å². The second kappa shape index (κ2) is 7.65. The van der Waals surface area contributed by atoms with Crippen molar-refractivity contribution in [3.05, 3.63) is 47.3 Å². The highest BCUT2D eigenvalue weighted by atomic mass is 19.4. The molecule has 4 N–H and O–H groups in total. The molecule has 0 radical (unpaired) electrons. The van der Waals surface area contributed by atoms with Crippen LogP contribution in [0.4, 0.5) is 24.7 Å². The minimum absolute atomic E-state index is 0.214. The molecule has 0 bridgehead atoms. The number of aryl methyl sites for hydroxylation is 1. The van der Waals surface area contributed by atoms with Gasteiger partial charge in [0, 0.05) is 7.05 Å². The third kappa shape index (κ3) is 3.91. The van der Waals surface area contributed by atoms with Crippen molar-refractivity contribution in [2.45, 2.75) is 26.1 Å². The highest BCUT2D eigenvalue weighted by Gasteiger charge is 2.32. The van der Waals surface area contributed by atoms with Gasteiger partial charge in [-0.1, -0.05) is 6.07 Å². The summed E-state index contributed by atoms with van der Waals surface area (Å²) in [5.41, 5.74) is 6.45. The molecule has 2 amide bonds. The number of amides is 2. The molecule has 30 heavy (non-hydrogen) atoms. The molecule has 1 atom stereocenters. The molecule has 158 valence electrons. The zero-order valence-corrected chi connectivity index (χ0v) is 16.3. The van der Waals surface area contributed by atoms with Crippen LogP contribution in [0.25, 0.3) is 10.9 Å². The van der Waals surface area contributed by atoms with Crippen LogP contribution in [0.3, 0.4) is 0 Å². The Bertz CT molecular complexity index is 1130. The smallest absolute Gasteiger partial charge is 0.383 e. The van der Waals surface area contributed by atoms with E-state index in [0.717, 1.165) is 17.0 Å². The fourth-order valence-corrected chi connectivity index (χ4v) is 3.09. The van der Waals surface area contributed by atoms with Gasteiger partial charge in [0.25, 0.3) is 0 Å². The van der Waals surface area contributed by atoms with Crippen molar-refractivity contribution in [1.29, 1.82) is 0 Å². The van der Waals surface area contributed by atoms with Crippen LogP contribution >= 0.6 is 0 Å². The molecule has 2 aromatic heterocycles. The van der Waals surface area contributed by atoms with E-state index in [1.54, 1.807) is 6.92 Å². The fourth-order valence-electron chi connectivity index (χ4n) is 3.09. The predicted molar refractivity (Wildman–Crippen MR) is 104 cm³/mol. The summed E-state index contributed by atoms with van der Waals surface area (Å²) in [6, 6.07) is 2.64. The maximum absolute atomic E-state index is 12.9. The highest BCUT2D eigenvalue weighted by Crippen LogP contribution is 2.32. The third-order valence-corrected chi connectivity index (χ3v) is 4.91. The number of aromatic nitrogens is 3. The first-order valence-electron chi connectivity index (χ1n) is 8.84. The van der Waals surface area contributed by atoms with Gasteiger partial charge in [0.15, 0.2) is 0 Å². The number of rotatable bonds is 3. The molecular formula is C19H19F3N6O2. The molecule has 0 unspecified atom stereocenters. The number of anilines is 2. The molecule has 0 aliphatic carbocycles. The molecule has 0 saturated heterocycles. The van der Waals surface area contributed by atoms with Crippen LogP contribution in [-0.2, 0) is 15.8 Å². The summed E-state index contributed by atoms with van der Waals surface area (Å²) in [6.07, 6.45) is -1.72. The summed E-state index contributed by atoms with van der Waals surface area (Å²) >= 11 is 0. The Morgan fingerprint density at radius 3 is 2.60 bits per heavy atom. The number of nitrogens with one attached hydrogen (secondary N) is 2. The second-order valence-electron chi connectivity index (χ2n) is 6.83. The molecule has 0 saturated carbocycles. The summed E-state index contributed by atoms with van der Waals surface area (Å²) in [5.74, 6) is -1.59. The lowest BCUT2D eigenvalue weighted by molar-refractivity contribution is -0.143. The van der Waals surface area contributed by atoms with E-state index in [1.807, 2.05) is 0 Å². The monoisotopic (exact) mass is 420 g/mol. The van der Waals surface area contributed by atoms with Crippen LogP contribution in [0.1, 0.15) is 29.7 Å². The van der Waals surface area contributed by atoms with Crippen molar-refractivity contribution >= 4 is 34.2 Å². The van der Waals surface area contributed by atoms with Gasteiger partial charge in [0.2, 0.25) is 0 Å². The Balaban J connectivity index is 1.78. The van der Waals surface area contributed by atoms with Crippen molar-refractivity contribution in [2.24, 2.45) is 0 Å². The first kappa shape index (κ1) is 21.1. The number of nitrogens with zero attached hydrogens (tertiary/aromatic N) is 3. The molecular weight excluding hydrogens is 401 g/mol. The number of fused-ring (bicyclic) bond motifs is 1. The van der Waals surface area contributed by atoms with Gasteiger partial charge in [-0.25, -0.2) is 4.98 Å². The summed E-state index contributed by atoms with van der Waals surface area (Å²) in [7, 11) is 1.40. The maximum Gasteiger partial charge on any atom is 0.416 e. The van der Waals surface area contributed by atoms with E-state index in [1.165, 1.54) is 32.4 Å². The maximum atomic E-state index is 12.9. The molecule has 11 heteroatoms. The molecule has 0 aliphatic rings. The average Bonchev–Trinajstić information content (AvgIpc) is 3.18. The second-order valence-corrected chi connectivity index (χ2v) is 6.83. The Hall–Kier alpha value is -3.63. The zero-order chi connectivity index (χ0) is 22.2. The molecule has 2 heterocycles.